The van der Waals surface area contributed by atoms with E-state index >= 15 is 0 Å². The highest BCUT2D eigenvalue weighted by atomic mass is 35.5. The van der Waals surface area contributed by atoms with E-state index in [1.165, 1.54) is 10.9 Å². The quantitative estimate of drug-likeness (QED) is 0.721. The molecule has 1 heterocycles. The van der Waals surface area contributed by atoms with E-state index < -0.39 is 11.9 Å². The molecular formula is C7H11ClN4O. The lowest BCUT2D eigenvalue weighted by Gasteiger charge is -2.10. The molecule has 0 aliphatic heterocycles. The molecule has 1 rings (SSSR count). The van der Waals surface area contributed by atoms with Gasteiger partial charge in [0.05, 0.1) is 23.0 Å². The maximum Gasteiger partial charge on any atom is 0.219 e. The van der Waals surface area contributed by atoms with Crippen molar-refractivity contribution < 1.29 is 4.79 Å². The van der Waals surface area contributed by atoms with Gasteiger partial charge in [-0.2, -0.15) is 5.10 Å². The standard InChI is InChI=1S/C7H11ClN4O/c1-12-7(4(8)3-11-12)5(9)2-6(10)13/h3,5H,2,9H2,1H3,(H2,10,13)/t5-/m1/s1. The lowest BCUT2D eigenvalue weighted by atomic mass is 10.1. The van der Waals surface area contributed by atoms with Gasteiger partial charge in [0.25, 0.3) is 0 Å². The average Bonchev–Trinajstić information content (AvgIpc) is 2.29. The first-order valence-electron chi connectivity index (χ1n) is 3.73. The molecule has 1 atom stereocenters. The van der Waals surface area contributed by atoms with Crippen LogP contribution in [0.25, 0.3) is 0 Å². The Kier molecular flexibility index (Phi) is 2.90. The Morgan fingerprint density at radius 3 is 2.85 bits per heavy atom. The summed E-state index contributed by atoms with van der Waals surface area (Å²) in [6.07, 6.45) is 1.55. The Labute approximate surface area is 80.6 Å². The van der Waals surface area contributed by atoms with Gasteiger partial charge in [0.15, 0.2) is 0 Å². The molecule has 0 aliphatic rings. The van der Waals surface area contributed by atoms with Crippen molar-refractivity contribution in [1.29, 1.82) is 0 Å². The van der Waals surface area contributed by atoms with E-state index in [9.17, 15) is 4.79 Å². The van der Waals surface area contributed by atoms with Crippen molar-refractivity contribution in [1.82, 2.24) is 9.78 Å². The van der Waals surface area contributed by atoms with Crippen molar-refractivity contribution in [3.8, 4) is 0 Å². The van der Waals surface area contributed by atoms with Crippen molar-refractivity contribution in [2.45, 2.75) is 12.5 Å². The molecule has 0 saturated heterocycles. The largest absolute Gasteiger partial charge is 0.370 e. The molecule has 1 aromatic rings. The molecule has 1 aromatic heterocycles. The Morgan fingerprint density at radius 1 is 1.85 bits per heavy atom. The zero-order chi connectivity index (χ0) is 10.0. The highest BCUT2D eigenvalue weighted by molar-refractivity contribution is 6.31. The number of aromatic nitrogens is 2. The van der Waals surface area contributed by atoms with E-state index in [-0.39, 0.29) is 6.42 Å². The summed E-state index contributed by atoms with van der Waals surface area (Å²) >= 11 is 5.81. The number of aryl methyl sites for hydroxylation is 1. The lowest BCUT2D eigenvalue weighted by Crippen LogP contribution is -2.22. The van der Waals surface area contributed by atoms with Gasteiger partial charge in [-0.05, 0) is 0 Å². The Bertz CT molecular complexity index is 303. The van der Waals surface area contributed by atoms with Crippen LogP contribution in [0, 0.1) is 0 Å². The second-order valence-electron chi connectivity index (χ2n) is 2.78. The Hall–Kier alpha value is -1.07. The molecule has 72 valence electrons. The van der Waals surface area contributed by atoms with Gasteiger partial charge >= 0.3 is 0 Å². The van der Waals surface area contributed by atoms with Gasteiger partial charge in [-0.1, -0.05) is 11.6 Å². The molecule has 1 amide bonds. The number of hydrogen-bond donors (Lipinski definition) is 2. The predicted octanol–water partition coefficient (Wildman–Crippen LogP) is -0.0513. The smallest absolute Gasteiger partial charge is 0.219 e. The van der Waals surface area contributed by atoms with Gasteiger partial charge < -0.3 is 11.5 Å². The first-order chi connectivity index (χ1) is 6.02. The zero-order valence-electron chi connectivity index (χ0n) is 7.20. The number of hydrogen-bond acceptors (Lipinski definition) is 3. The van der Waals surface area contributed by atoms with Crippen LogP contribution in [0.4, 0.5) is 0 Å². The highest BCUT2D eigenvalue weighted by Crippen LogP contribution is 2.21. The maximum atomic E-state index is 10.6. The number of halogens is 1. The van der Waals surface area contributed by atoms with E-state index in [1.807, 2.05) is 0 Å². The van der Waals surface area contributed by atoms with E-state index in [2.05, 4.69) is 5.10 Å². The predicted molar refractivity (Wildman–Crippen MR) is 49.0 cm³/mol. The summed E-state index contributed by atoms with van der Waals surface area (Å²) in [5, 5.41) is 4.35. The number of primary amides is 1. The van der Waals surface area contributed by atoms with Crippen LogP contribution < -0.4 is 11.5 Å². The fourth-order valence-electron chi connectivity index (χ4n) is 1.15. The molecule has 0 saturated carbocycles. The van der Waals surface area contributed by atoms with Crippen LogP contribution in [-0.2, 0) is 11.8 Å². The van der Waals surface area contributed by atoms with Crippen molar-refractivity contribution in [3.63, 3.8) is 0 Å². The number of nitrogens with zero attached hydrogens (tertiary/aromatic N) is 2. The van der Waals surface area contributed by atoms with Crippen molar-refractivity contribution in [3.05, 3.63) is 16.9 Å². The second kappa shape index (κ2) is 3.76. The van der Waals surface area contributed by atoms with Crippen LogP contribution in [0.5, 0.6) is 0 Å². The molecule has 5 nitrogen and oxygen atoms in total. The highest BCUT2D eigenvalue weighted by Gasteiger charge is 2.16. The molecule has 0 unspecified atom stereocenters. The van der Waals surface area contributed by atoms with Crippen LogP contribution in [0.15, 0.2) is 6.20 Å². The van der Waals surface area contributed by atoms with Crippen LogP contribution >= 0.6 is 11.6 Å². The molecule has 0 radical (unpaired) electrons. The lowest BCUT2D eigenvalue weighted by molar-refractivity contribution is -0.118. The van der Waals surface area contributed by atoms with Crippen molar-refractivity contribution in [2.24, 2.45) is 18.5 Å². The summed E-state index contributed by atoms with van der Waals surface area (Å²) in [5.41, 5.74) is 11.3. The molecule has 0 bridgehead atoms. The van der Waals surface area contributed by atoms with Crippen LogP contribution in [-0.4, -0.2) is 15.7 Å². The van der Waals surface area contributed by atoms with E-state index in [4.69, 9.17) is 23.1 Å². The van der Waals surface area contributed by atoms with Crippen molar-refractivity contribution in [2.75, 3.05) is 0 Å². The number of rotatable bonds is 3. The first kappa shape index (κ1) is 10.0. The van der Waals surface area contributed by atoms with Crippen LogP contribution in [0.3, 0.4) is 0 Å². The van der Waals surface area contributed by atoms with Gasteiger partial charge in [0.2, 0.25) is 5.91 Å². The SMILES string of the molecule is Cn1ncc(Cl)c1[C@H](N)CC(N)=O. The minimum absolute atomic E-state index is 0.0687. The van der Waals surface area contributed by atoms with Crippen LogP contribution in [0.1, 0.15) is 18.2 Å². The number of carbonyl (C=O) groups is 1. The molecule has 0 spiro atoms. The van der Waals surface area contributed by atoms with Gasteiger partial charge in [0, 0.05) is 13.5 Å². The molecule has 4 N–H and O–H groups in total. The van der Waals surface area contributed by atoms with Gasteiger partial charge in [-0.15, -0.1) is 0 Å². The number of nitrogens with two attached hydrogens (primary N) is 2. The topological polar surface area (TPSA) is 86.9 Å². The maximum absolute atomic E-state index is 10.6. The summed E-state index contributed by atoms with van der Waals surface area (Å²) in [5.74, 6) is -0.454. The number of carbonyl (C=O) groups excluding carboxylic acids is 1. The third-order valence-corrected chi connectivity index (χ3v) is 2.00. The van der Waals surface area contributed by atoms with E-state index in [1.54, 1.807) is 7.05 Å². The molecular weight excluding hydrogens is 192 g/mol. The third kappa shape index (κ3) is 2.19. The van der Waals surface area contributed by atoms with Gasteiger partial charge in [0.1, 0.15) is 0 Å². The Morgan fingerprint density at radius 2 is 2.46 bits per heavy atom. The molecule has 0 aliphatic carbocycles. The number of amides is 1. The summed E-state index contributed by atoms with van der Waals surface area (Å²) < 4.78 is 1.54. The Balaban J connectivity index is 2.87. The summed E-state index contributed by atoms with van der Waals surface area (Å²) in [6, 6.07) is -0.488. The monoisotopic (exact) mass is 202 g/mol. The second-order valence-corrected chi connectivity index (χ2v) is 3.19. The average molecular weight is 203 g/mol. The molecule has 0 aromatic carbocycles. The minimum atomic E-state index is -0.488. The molecule has 0 fully saturated rings. The zero-order valence-corrected chi connectivity index (χ0v) is 7.95. The van der Waals surface area contributed by atoms with Gasteiger partial charge in [-0.3, -0.25) is 9.48 Å². The first-order valence-corrected chi connectivity index (χ1v) is 4.11. The minimum Gasteiger partial charge on any atom is -0.370 e. The summed E-state index contributed by atoms with van der Waals surface area (Å²) in [4.78, 5) is 10.6. The molecule has 13 heavy (non-hydrogen) atoms. The van der Waals surface area contributed by atoms with Crippen molar-refractivity contribution >= 4 is 17.5 Å². The summed E-state index contributed by atoms with van der Waals surface area (Å²) in [6.45, 7) is 0. The van der Waals surface area contributed by atoms with Crippen LogP contribution in [0.2, 0.25) is 5.02 Å². The fourth-order valence-corrected chi connectivity index (χ4v) is 1.46. The van der Waals surface area contributed by atoms with Gasteiger partial charge in [-0.25, -0.2) is 0 Å². The third-order valence-electron chi connectivity index (χ3n) is 1.71. The summed E-state index contributed by atoms with van der Waals surface area (Å²) in [7, 11) is 1.71. The van der Waals surface area contributed by atoms with E-state index in [0.29, 0.717) is 10.7 Å². The van der Waals surface area contributed by atoms with E-state index in [0.717, 1.165) is 0 Å². The fraction of sp³-hybridized carbons (Fsp3) is 0.429. The molecule has 6 heteroatoms. The normalized spacial score (nSPS) is 12.8.